The normalized spacial score (nSPS) is 16.2. The van der Waals surface area contributed by atoms with Gasteiger partial charge in [0.1, 0.15) is 0 Å². The Morgan fingerprint density at radius 1 is 1.38 bits per heavy atom. The van der Waals surface area contributed by atoms with Crippen LogP contribution in [0.3, 0.4) is 0 Å². The summed E-state index contributed by atoms with van der Waals surface area (Å²) >= 11 is 0. The number of carbonyl (C=O) groups is 1. The van der Waals surface area contributed by atoms with Crippen molar-refractivity contribution in [2.24, 2.45) is 0 Å². The number of nitro groups is 1. The molecule has 1 aliphatic heterocycles. The molecule has 8 nitrogen and oxygen atoms in total. The molecule has 0 bridgehead atoms. The van der Waals surface area contributed by atoms with Gasteiger partial charge < -0.3 is 20.1 Å². The molecular formula is C15H22ClN3O5. The zero-order valence-corrected chi connectivity index (χ0v) is 14.5. The minimum atomic E-state index is -0.461. The van der Waals surface area contributed by atoms with Crippen LogP contribution in [-0.2, 0) is 11.2 Å². The van der Waals surface area contributed by atoms with Crippen LogP contribution in [0.25, 0.3) is 0 Å². The van der Waals surface area contributed by atoms with Crippen LogP contribution in [0.2, 0.25) is 0 Å². The average molecular weight is 360 g/mol. The van der Waals surface area contributed by atoms with Gasteiger partial charge >= 0.3 is 0 Å². The van der Waals surface area contributed by atoms with E-state index in [0.717, 1.165) is 19.4 Å². The summed E-state index contributed by atoms with van der Waals surface area (Å²) in [6.07, 6.45) is 2.15. The van der Waals surface area contributed by atoms with Crippen molar-refractivity contribution in [3.8, 4) is 11.5 Å². The Morgan fingerprint density at radius 3 is 2.58 bits per heavy atom. The highest BCUT2D eigenvalue weighted by Gasteiger charge is 2.22. The quantitative estimate of drug-likeness (QED) is 0.564. The highest BCUT2D eigenvalue weighted by Crippen LogP contribution is 2.34. The van der Waals surface area contributed by atoms with Gasteiger partial charge in [-0.25, -0.2) is 0 Å². The van der Waals surface area contributed by atoms with Gasteiger partial charge in [0.25, 0.3) is 5.69 Å². The predicted molar refractivity (Wildman–Crippen MR) is 91.2 cm³/mol. The van der Waals surface area contributed by atoms with Gasteiger partial charge in [0.05, 0.1) is 31.3 Å². The number of hydrogen-bond acceptors (Lipinski definition) is 6. The summed E-state index contributed by atoms with van der Waals surface area (Å²) in [5.41, 5.74) is 0.447. The van der Waals surface area contributed by atoms with Crippen LogP contribution in [-0.4, -0.2) is 44.2 Å². The molecular weight excluding hydrogens is 338 g/mol. The third-order valence-corrected chi connectivity index (χ3v) is 3.85. The van der Waals surface area contributed by atoms with Crippen LogP contribution in [0.4, 0.5) is 5.69 Å². The molecule has 134 valence electrons. The topological polar surface area (TPSA) is 103 Å². The molecule has 9 heteroatoms. The minimum Gasteiger partial charge on any atom is -0.493 e. The Bertz CT molecular complexity index is 591. The van der Waals surface area contributed by atoms with Gasteiger partial charge in [0.2, 0.25) is 5.91 Å². The number of nitrogens with one attached hydrogen (secondary N) is 2. The summed E-state index contributed by atoms with van der Waals surface area (Å²) in [5, 5.41) is 17.1. The van der Waals surface area contributed by atoms with Gasteiger partial charge in [-0.1, -0.05) is 0 Å². The van der Waals surface area contributed by atoms with Crippen LogP contribution < -0.4 is 20.1 Å². The maximum absolute atomic E-state index is 11.9. The molecule has 1 heterocycles. The first-order chi connectivity index (χ1) is 11.1. The SMILES string of the molecule is COc1cc(CCNC(=O)C2CCCN2)c([N+](=O)[O-])cc1OC.Cl. The lowest BCUT2D eigenvalue weighted by Crippen LogP contribution is -2.41. The Balaban J connectivity index is 0.00000288. The summed E-state index contributed by atoms with van der Waals surface area (Å²) in [6, 6.07) is 2.77. The monoisotopic (exact) mass is 359 g/mol. The maximum atomic E-state index is 11.9. The van der Waals surface area contributed by atoms with E-state index in [0.29, 0.717) is 30.0 Å². The predicted octanol–water partition coefficient (Wildman–Crippen LogP) is 1.44. The van der Waals surface area contributed by atoms with Crippen LogP contribution in [0, 0.1) is 10.1 Å². The number of methoxy groups -OCH3 is 2. The summed E-state index contributed by atoms with van der Waals surface area (Å²) in [5.74, 6) is 0.671. The standard InChI is InChI=1S/C15H21N3O5.ClH/c1-22-13-8-10(12(18(20)21)9-14(13)23-2)5-7-17-15(19)11-4-3-6-16-11;/h8-9,11,16H,3-7H2,1-2H3,(H,17,19);1H. The Labute approximate surface area is 146 Å². The first kappa shape index (κ1) is 20.0. The van der Waals surface area contributed by atoms with Crippen molar-refractivity contribution in [1.29, 1.82) is 0 Å². The molecule has 24 heavy (non-hydrogen) atoms. The molecule has 0 spiro atoms. The van der Waals surface area contributed by atoms with Crippen molar-refractivity contribution in [1.82, 2.24) is 10.6 Å². The van der Waals surface area contributed by atoms with Crippen LogP contribution in [0.5, 0.6) is 11.5 Å². The van der Waals surface area contributed by atoms with Gasteiger partial charge in [-0.3, -0.25) is 14.9 Å². The third-order valence-electron chi connectivity index (χ3n) is 3.85. The largest absolute Gasteiger partial charge is 0.493 e. The fourth-order valence-electron chi connectivity index (χ4n) is 2.63. The molecule has 2 N–H and O–H groups in total. The zero-order valence-electron chi connectivity index (χ0n) is 13.7. The second kappa shape index (κ2) is 9.29. The van der Waals surface area contributed by atoms with Crippen LogP contribution >= 0.6 is 12.4 Å². The summed E-state index contributed by atoms with van der Waals surface area (Å²) in [7, 11) is 2.90. The van der Waals surface area contributed by atoms with Crippen LogP contribution in [0.15, 0.2) is 12.1 Å². The highest BCUT2D eigenvalue weighted by atomic mass is 35.5. The van der Waals surface area contributed by atoms with Crippen molar-refractivity contribution in [2.45, 2.75) is 25.3 Å². The lowest BCUT2D eigenvalue weighted by Gasteiger charge is -2.13. The number of amides is 1. The molecule has 1 fully saturated rings. The second-order valence-electron chi connectivity index (χ2n) is 5.28. The van der Waals surface area contributed by atoms with E-state index < -0.39 is 4.92 Å². The molecule has 0 radical (unpaired) electrons. The van der Waals surface area contributed by atoms with Gasteiger partial charge in [0, 0.05) is 12.1 Å². The zero-order chi connectivity index (χ0) is 16.8. The molecule has 1 amide bonds. The molecule has 1 aromatic rings. The fourth-order valence-corrected chi connectivity index (χ4v) is 2.63. The molecule has 0 aliphatic carbocycles. The molecule has 1 atom stereocenters. The number of halogens is 1. The number of rotatable bonds is 7. The molecule has 0 saturated carbocycles. The minimum absolute atomic E-state index is 0. The molecule has 1 aliphatic rings. The van der Waals surface area contributed by atoms with Crippen molar-refractivity contribution in [2.75, 3.05) is 27.3 Å². The Kier molecular flexibility index (Phi) is 7.73. The van der Waals surface area contributed by atoms with E-state index in [1.54, 1.807) is 6.07 Å². The highest BCUT2D eigenvalue weighted by molar-refractivity contribution is 5.85. The van der Waals surface area contributed by atoms with Crippen molar-refractivity contribution in [3.05, 3.63) is 27.8 Å². The third kappa shape index (κ3) is 4.72. The molecule has 2 rings (SSSR count). The molecule has 0 aromatic heterocycles. The molecule has 1 saturated heterocycles. The van der Waals surface area contributed by atoms with Crippen molar-refractivity contribution in [3.63, 3.8) is 0 Å². The lowest BCUT2D eigenvalue weighted by molar-refractivity contribution is -0.385. The van der Waals surface area contributed by atoms with Gasteiger partial charge in [0.15, 0.2) is 11.5 Å². The molecule has 1 aromatic carbocycles. The van der Waals surface area contributed by atoms with E-state index in [-0.39, 0.29) is 30.0 Å². The second-order valence-corrected chi connectivity index (χ2v) is 5.28. The lowest BCUT2D eigenvalue weighted by atomic mass is 10.1. The van der Waals surface area contributed by atoms with Crippen molar-refractivity contribution < 1.29 is 19.2 Å². The number of ether oxygens (including phenoxy) is 2. The van der Waals surface area contributed by atoms with E-state index in [2.05, 4.69) is 10.6 Å². The van der Waals surface area contributed by atoms with E-state index in [1.165, 1.54) is 20.3 Å². The Morgan fingerprint density at radius 2 is 2.04 bits per heavy atom. The first-order valence-electron chi connectivity index (χ1n) is 7.47. The Hall–Kier alpha value is -2.06. The maximum Gasteiger partial charge on any atom is 0.276 e. The first-order valence-corrected chi connectivity index (χ1v) is 7.47. The van der Waals surface area contributed by atoms with Crippen LogP contribution in [0.1, 0.15) is 18.4 Å². The number of benzene rings is 1. The van der Waals surface area contributed by atoms with E-state index in [4.69, 9.17) is 9.47 Å². The average Bonchev–Trinajstić information content (AvgIpc) is 3.08. The summed E-state index contributed by atoms with van der Waals surface area (Å²) in [4.78, 5) is 22.7. The van der Waals surface area contributed by atoms with Crippen molar-refractivity contribution >= 4 is 24.0 Å². The van der Waals surface area contributed by atoms with Gasteiger partial charge in [-0.15, -0.1) is 12.4 Å². The number of carbonyl (C=O) groups excluding carboxylic acids is 1. The van der Waals surface area contributed by atoms with Gasteiger partial charge in [-0.2, -0.15) is 0 Å². The smallest absolute Gasteiger partial charge is 0.276 e. The van der Waals surface area contributed by atoms with Gasteiger partial charge in [-0.05, 0) is 31.9 Å². The number of nitro benzene ring substituents is 1. The summed E-state index contributed by atoms with van der Waals surface area (Å²) in [6.45, 7) is 1.17. The fraction of sp³-hybridized carbons (Fsp3) is 0.533. The number of hydrogen-bond donors (Lipinski definition) is 2. The number of nitrogens with zero attached hydrogens (tertiary/aromatic N) is 1. The summed E-state index contributed by atoms with van der Waals surface area (Å²) < 4.78 is 10.3. The van der Waals surface area contributed by atoms with E-state index >= 15 is 0 Å². The molecule has 1 unspecified atom stereocenters. The van der Waals surface area contributed by atoms with E-state index in [9.17, 15) is 14.9 Å². The van der Waals surface area contributed by atoms with E-state index in [1.807, 2.05) is 0 Å².